The zero-order valence-corrected chi connectivity index (χ0v) is 12.2. The molecule has 0 amide bonds. The van der Waals surface area contributed by atoms with Crippen molar-refractivity contribution in [2.75, 3.05) is 14.2 Å². The van der Waals surface area contributed by atoms with Crippen LogP contribution in [0.2, 0.25) is 0 Å². The zero-order chi connectivity index (χ0) is 16.0. The Morgan fingerprint density at radius 1 is 1.14 bits per heavy atom. The van der Waals surface area contributed by atoms with Crippen molar-refractivity contribution in [1.82, 2.24) is 0 Å². The van der Waals surface area contributed by atoms with Gasteiger partial charge in [-0.3, -0.25) is 0 Å². The molecule has 22 heavy (non-hydrogen) atoms. The van der Waals surface area contributed by atoms with Crippen LogP contribution in [0.3, 0.4) is 0 Å². The molecule has 0 bridgehead atoms. The van der Waals surface area contributed by atoms with Crippen molar-refractivity contribution in [3.8, 4) is 11.5 Å². The normalized spacial score (nSPS) is 19.5. The van der Waals surface area contributed by atoms with Crippen LogP contribution in [0.15, 0.2) is 46.4 Å². The Kier molecular flexibility index (Phi) is 4.69. The Labute approximate surface area is 127 Å². The minimum absolute atomic E-state index is 0.254. The largest absolute Gasteiger partial charge is 0.493 e. The van der Waals surface area contributed by atoms with Gasteiger partial charge in [0, 0.05) is 12.0 Å². The molecule has 0 saturated heterocycles. The lowest BCUT2D eigenvalue weighted by Gasteiger charge is -2.21. The Bertz CT molecular complexity index is 706. The number of methoxy groups -OCH3 is 2. The molecule has 1 aromatic carbocycles. The molecule has 1 aromatic rings. The summed E-state index contributed by atoms with van der Waals surface area (Å²) in [6.45, 7) is 0. The van der Waals surface area contributed by atoms with Crippen LogP contribution < -0.4 is 9.47 Å². The van der Waals surface area contributed by atoms with E-state index < -0.39 is 5.66 Å². The number of para-hydroxylation sites is 1. The molecule has 0 heterocycles. The average Bonchev–Trinajstić information content (AvgIpc) is 2.55. The lowest BCUT2D eigenvalue weighted by Crippen LogP contribution is -2.21. The maximum atomic E-state index is 10.5. The fourth-order valence-corrected chi connectivity index (χ4v) is 2.28. The fourth-order valence-electron chi connectivity index (χ4n) is 2.28. The molecular formula is C16H14N2O4. The van der Waals surface area contributed by atoms with Crippen LogP contribution in [0.5, 0.6) is 11.5 Å². The predicted octanol–water partition coefficient (Wildman–Crippen LogP) is 2.42. The molecule has 0 unspecified atom stereocenters. The summed E-state index contributed by atoms with van der Waals surface area (Å²) in [5, 5.41) is 0. The first-order valence-corrected chi connectivity index (χ1v) is 6.48. The summed E-state index contributed by atoms with van der Waals surface area (Å²) in [5.41, 5.74) is 0.435. The van der Waals surface area contributed by atoms with E-state index in [1.807, 2.05) is 18.2 Å². The van der Waals surface area contributed by atoms with Crippen molar-refractivity contribution in [1.29, 1.82) is 0 Å². The summed E-state index contributed by atoms with van der Waals surface area (Å²) in [7, 11) is 3.13. The van der Waals surface area contributed by atoms with Crippen LogP contribution in [0.4, 0.5) is 0 Å². The van der Waals surface area contributed by atoms with Gasteiger partial charge in [-0.05, 0) is 17.7 Å². The van der Waals surface area contributed by atoms with Crippen molar-refractivity contribution in [3.63, 3.8) is 0 Å². The smallest absolute Gasteiger partial charge is 0.237 e. The lowest BCUT2D eigenvalue weighted by atomic mass is 9.93. The second kappa shape index (κ2) is 6.68. The van der Waals surface area contributed by atoms with Gasteiger partial charge in [-0.2, -0.15) is 9.98 Å². The van der Waals surface area contributed by atoms with Crippen molar-refractivity contribution in [2.45, 2.75) is 12.1 Å². The summed E-state index contributed by atoms with van der Waals surface area (Å²) in [6.07, 6.45) is 8.23. The molecule has 1 aliphatic carbocycles. The van der Waals surface area contributed by atoms with Crippen LogP contribution in [0.1, 0.15) is 12.0 Å². The number of ether oxygens (including phenoxy) is 2. The molecule has 0 saturated carbocycles. The first-order chi connectivity index (χ1) is 10.7. The van der Waals surface area contributed by atoms with Gasteiger partial charge in [0.1, 0.15) is 0 Å². The van der Waals surface area contributed by atoms with Crippen molar-refractivity contribution in [3.05, 3.63) is 42.0 Å². The number of hydrogen-bond acceptors (Lipinski definition) is 6. The molecular weight excluding hydrogens is 284 g/mol. The molecule has 0 spiro atoms. The van der Waals surface area contributed by atoms with Gasteiger partial charge >= 0.3 is 0 Å². The molecule has 0 aromatic heterocycles. The Morgan fingerprint density at radius 3 is 2.36 bits per heavy atom. The lowest BCUT2D eigenvalue weighted by molar-refractivity contribution is 0.354. The highest BCUT2D eigenvalue weighted by atomic mass is 16.5. The molecule has 0 atom stereocenters. The maximum Gasteiger partial charge on any atom is 0.237 e. The van der Waals surface area contributed by atoms with Crippen LogP contribution >= 0.6 is 0 Å². The highest BCUT2D eigenvalue weighted by Gasteiger charge is 2.28. The SMILES string of the molecule is COc1cccc(C2=CCC(N=C=O)(N=C=O)C=C2)c1OC. The van der Waals surface area contributed by atoms with Gasteiger partial charge in [-0.1, -0.05) is 24.3 Å². The summed E-state index contributed by atoms with van der Waals surface area (Å²) in [4.78, 5) is 28.2. The third-order valence-electron chi connectivity index (χ3n) is 3.34. The quantitative estimate of drug-likeness (QED) is 0.618. The number of aliphatic imine (C=N–C) groups is 2. The maximum absolute atomic E-state index is 10.5. The minimum atomic E-state index is -1.25. The van der Waals surface area contributed by atoms with Gasteiger partial charge in [0.2, 0.25) is 12.2 Å². The van der Waals surface area contributed by atoms with Gasteiger partial charge in [-0.15, -0.1) is 0 Å². The van der Waals surface area contributed by atoms with Crippen LogP contribution in [0.25, 0.3) is 5.57 Å². The average molecular weight is 298 g/mol. The van der Waals surface area contributed by atoms with E-state index >= 15 is 0 Å². The number of benzene rings is 1. The van der Waals surface area contributed by atoms with E-state index in [2.05, 4.69) is 9.98 Å². The number of isocyanates is 2. The van der Waals surface area contributed by atoms with Gasteiger partial charge in [0.05, 0.1) is 14.2 Å². The Balaban J connectivity index is 2.42. The van der Waals surface area contributed by atoms with E-state index in [-0.39, 0.29) is 6.42 Å². The van der Waals surface area contributed by atoms with Crippen molar-refractivity contribution >= 4 is 17.7 Å². The Hall–Kier alpha value is -2.94. The molecule has 0 N–H and O–H groups in total. The number of nitrogens with zero attached hydrogens (tertiary/aromatic N) is 2. The van der Waals surface area contributed by atoms with E-state index in [0.29, 0.717) is 11.5 Å². The topological polar surface area (TPSA) is 77.3 Å². The molecule has 112 valence electrons. The second-order valence-electron chi connectivity index (χ2n) is 4.52. The van der Waals surface area contributed by atoms with Crippen molar-refractivity contribution < 1.29 is 19.1 Å². The van der Waals surface area contributed by atoms with E-state index in [0.717, 1.165) is 11.1 Å². The van der Waals surface area contributed by atoms with Crippen LogP contribution in [-0.2, 0) is 9.59 Å². The van der Waals surface area contributed by atoms with Gasteiger partial charge in [0.25, 0.3) is 0 Å². The van der Waals surface area contributed by atoms with E-state index in [1.54, 1.807) is 32.4 Å². The number of hydrogen-bond donors (Lipinski definition) is 0. The predicted molar refractivity (Wildman–Crippen MR) is 80.3 cm³/mol. The van der Waals surface area contributed by atoms with Gasteiger partial charge in [-0.25, -0.2) is 9.59 Å². The van der Waals surface area contributed by atoms with E-state index in [9.17, 15) is 9.59 Å². The monoisotopic (exact) mass is 298 g/mol. The standard InChI is InChI=1S/C16H14N2O4/c1-21-14-5-3-4-13(15(14)22-2)12-6-8-16(9-7-12,17-10-19)18-11-20/h3-8H,9H2,1-2H3. The summed E-state index contributed by atoms with van der Waals surface area (Å²) < 4.78 is 10.7. The molecule has 0 fully saturated rings. The second-order valence-corrected chi connectivity index (χ2v) is 4.52. The van der Waals surface area contributed by atoms with Crippen LogP contribution in [0, 0.1) is 0 Å². The molecule has 0 radical (unpaired) electrons. The summed E-state index contributed by atoms with van der Waals surface area (Å²) in [5.74, 6) is 1.22. The van der Waals surface area contributed by atoms with Crippen molar-refractivity contribution in [2.24, 2.45) is 9.98 Å². The summed E-state index contributed by atoms with van der Waals surface area (Å²) in [6, 6.07) is 5.53. The summed E-state index contributed by atoms with van der Waals surface area (Å²) >= 11 is 0. The number of rotatable bonds is 5. The van der Waals surface area contributed by atoms with Crippen LogP contribution in [-0.4, -0.2) is 32.0 Å². The highest BCUT2D eigenvalue weighted by molar-refractivity contribution is 5.80. The fraction of sp³-hybridized carbons (Fsp3) is 0.250. The molecule has 1 aliphatic rings. The third-order valence-corrected chi connectivity index (χ3v) is 3.34. The first-order valence-electron chi connectivity index (χ1n) is 6.48. The molecule has 6 nitrogen and oxygen atoms in total. The number of allylic oxidation sites excluding steroid dienone is 2. The third kappa shape index (κ3) is 2.88. The van der Waals surface area contributed by atoms with Gasteiger partial charge < -0.3 is 9.47 Å². The molecule has 2 rings (SSSR count). The molecule has 0 aliphatic heterocycles. The van der Waals surface area contributed by atoms with E-state index in [1.165, 1.54) is 12.2 Å². The number of carbonyl (C=O) groups excluding carboxylic acids is 2. The molecule has 6 heteroatoms. The first kappa shape index (κ1) is 15.4. The van der Waals surface area contributed by atoms with E-state index in [4.69, 9.17) is 9.47 Å². The Morgan fingerprint density at radius 2 is 1.86 bits per heavy atom. The van der Waals surface area contributed by atoms with Gasteiger partial charge in [0.15, 0.2) is 17.2 Å². The zero-order valence-electron chi connectivity index (χ0n) is 12.2. The minimum Gasteiger partial charge on any atom is -0.493 e. The highest BCUT2D eigenvalue weighted by Crippen LogP contribution is 2.38.